The number of amides is 2. The normalized spacial score (nSPS) is 13.7. The van der Waals surface area contributed by atoms with E-state index in [9.17, 15) is 9.59 Å². The van der Waals surface area contributed by atoms with Gasteiger partial charge in [0.25, 0.3) is 11.8 Å². The summed E-state index contributed by atoms with van der Waals surface area (Å²) < 4.78 is 16.1. The summed E-state index contributed by atoms with van der Waals surface area (Å²) in [5, 5.41) is 3.11. The molecule has 0 aliphatic carbocycles. The van der Waals surface area contributed by atoms with Crippen molar-refractivity contribution in [2.24, 2.45) is 0 Å². The van der Waals surface area contributed by atoms with Crippen LogP contribution in [-0.4, -0.2) is 44.6 Å². The second kappa shape index (κ2) is 8.68. The van der Waals surface area contributed by atoms with E-state index >= 15 is 0 Å². The van der Waals surface area contributed by atoms with Crippen molar-refractivity contribution >= 4 is 23.1 Å². The minimum atomic E-state index is -0.386. The Morgan fingerprint density at radius 3 is 2.28 bits per heavy atom. The number of carbonyl (C=O) groups excluding carboxylic acids is 2. The molecule has 152 valence electrons. The lowest BCUT2D eigenvalue weighted by atomic mass is 10.0. The molecule has 2 aromatic rings. The van der Waals surface area contributed by atoms with Gasteiger partial charge in [0.05, 0.1) is 32.6 Å². The Morgan fingerprint density at radius 1 is 0.897 bits per heavy atom. The molecule has 7 heteroatoms. The van der Waals surface area contributed by atoms with E-state index in [0.29, 0.717) is 41.5 Å². The highest BCUT2D eigenvalue weighted by atomic mass is 16.5. The van der Waals surface area contributed by atoms with Gasteiger partial charge in [-0.15, -0.1) is 0 Å². The Balaban J connectivity index is 2.16. The van der Waals surface area contributed by atoms with Gasteiger partial charge in [0, 0.05) is 18.2 Å². The molecule has 1 N–H and O–H groups in total. The second-order valence-corrected chi connectivity index (χ2v) is 6.40. The van der Waals surface area contributed by atoms with E-state index in [1.54, 1.807) is 43.5 Å². The van der Waals surface area contributed by atoms with Gasteiger partial charge in [-0.1, -0.05) is 25.1 Å². The Hall–Kier alpha value is -3.48. The number of imide groups is 1. The predicted molar refractivity (Wildman–Crippen MR) is 110 cm³/mol. The van der Waals surface area contributed by atoms with E-state index in [0.717, 1.165) is 0 Å². The van der Waals surface area contributed by atoms with Crippen molar-refractivity contribution < 1.29 is 23.8 Å². The fraction of sp³-hybridized carbons (Fsp3) is 0.273. The second-order valence-electron chi connectivity index (χ2n) is 6.40. The average molecular weight is 396 g/mol. The third-order valence-electron chi connectivity index (χ3n) is 4.66. The Kier molecular flexibility index (Phi) is 6.07. The smallest absolute Gasteiger partial charge is 0.278 e. The molecule has 1 aliphatic heterocycles. The zero-order chi connectivity index (χ0) is 21.0. The lowest BCUT2D eigenvalue weighted by Gasteiger charge is -2.15. The molecule has 1 heterocycles. The molecule has 0 aromatic heterocycles. The first-order chi connectivity index (χ1) is 14.0. The minimum absolute atomic E-state index is 0.180. The first-order valence-electron chi connectivity index (χ1n) is 9.28. The van der Waals surface area contributed by atoms with Gasteiger partial charge in [-0.3, -0.25) is 14.5 Å². The first kappa shape index (κ1) is 20.3. The van der Waals surface area contributed by atoms with Crippen LogP contribution in [-0.2, 0) is 9.59 Å². The number of nitrogens with one attached hydrogen (secondary N) is 1. The molecule has 0 bridgehead atoms. The summed E-state index contributed by atoms with van der Waals surface area (Å²) in [7, 11) is 4.62. The number of benzene rings is 2. The van der Waals surface area contributed by atoms with Crippen LogP contribution in [0.1, 0.15) is 18.9 Å². The highest BCUT2D eigenvalue weighted by Gasteiger charge is 2.40. The van der Waals surface area contributed by atoms with Crippen LogP contribution >= 0.6 is 0 Å². The van der Waals surface area contributed by atoms with Gasteiger partial charge < -0.3 is 19.5 Å². The van der Waals surface area contributed by atoms with Crippen LogP contribution in [0.15, 0.2) is 48.2 Å². The van der Waals surface area contributed by atoms with E-state index in [1.807, 2.05) is 13.0 Å². The lowest BCUT2D eigenvalue weighted by molar-refractivity contribution is -0.136. The summed E-state index contributed by atoms with van der Waals surface area (Å²) in [6, 6.07) is 12.3. The minimum Gasteiger partial charge on any atom is -0.497 e. The summed E-state index contributed by atoms with van der Waals surface area (Å²) in [6.07, 6.45) is 0.659. The average Bonchev–Trinajstić information content (AvgIpc) is 2.98. The molecule has 1 aliphatic rings. The summed E-state index contributed by atoms with van der Waals surface area (Å²) in [6.45, 7) is 2.25. The topological polar surface area (TPSA) is 77.1 Å². The van der Waals surface area contributed by atoms with Crippen LogP contribution in [0, 0.1) is 0 Å². The van der Waals surface area contributed by atoms with Crippen molar-refractivity contribution in [1.82, 2.24) is 4.90 Å². The monoisotopic (exact) mass is 396 g/mol. The number of methoxy groups -OCH3 is 3. The Morgan fingerprint density at radius 2 is 1.62 bits per heavy atom. The maximum atomic E-state index is 13.1. The van der Waals surface area contributed by atoms with E-state index < -0.39 is 0 Å². The van der Waals surface area contributed by atoms with Crippen molar-refractivity contribution in [3.63, 3.8) is 0 Å². The quantitative estimate of drug-likeness (QED) is 0.690. The van der Waals surface area contributed by atoms with Crippen LogP contribution < -0.4 is 19.5 Å². The molecule has 2 aromatic carbocycles. The number of anilines is 1. The van der Waals surface area contributed by atoms with Crippen LogP contribution in [0.2, 0.25) is 0 Å². The lowest BCUT2D eigenvalue weighted by Crippen LogP contribution is -2.33. The van der Waals surface area contributed by atoms with Gasteiger partial charge in [-0.05, 0) is 24.6 Å². The van der Waals surface area contributed by atoms with Crippen LogP contribution in [0.5, 0.6) is 17.2 Å². The third kappa shape index (κ3) is 3.76. The molecule has 0 radical (unpaired) electrons. The summed E-state index contributed by atoms with van der Waals surface area (Å²) in [4.78, 5) is 27.5. The highest BCUT2D eigenvalue weighted by Crippen LogP contribution is 2.37. The first-order valence-corrected chi connectivity index (χ1v) is 9.28. The third-order valence-corrected chi connectivity index (χ3v) is 4.66. The largest absolute Gasteiger partial charge is 0.497 e. The van der Waals surface area contributed by atoms with Gasteiger partial charge in [-0.2, -0.15) is 0 Å². The summed E-state index contributed by atoms with van der Waals surface area (Å²) in [5.74, 6) is 0.883. The van der Waals surface area contributed by atoms with Crippen molar-refractivity contribution in [2.45, 2.75) is 13.3 Å². The standard InChI is InChI=1S/C22H24N2O5/c1-5-12-24-21(25)19(15-8-6-7-9-17(15)28-3)20(22(24)26)23-16-13-14(27-2)10-11-18(16)29-4/h6-11,13,23H,5,12H2,1-4H3. The molecule has 0 fully saturated rings. The molecular weight excluding hydrogens is 372 g/mol. The van der Waals surface area contributed by atoms with Gasteiger partial charge in [0.15, 0.2) is 0 Å². The molecule has 7 nitrogen and oxygen atoms in total. The van der Waals surface area contributed by atoms with Crippen molar-refractivity contribution in [2.75, 3.05) is 33.2 Å². The number of hydrogen-bond acceptors (Lipinski definition) is 6. The van der Waals surface area contributed by atoms with Gasteiger partial charge in [0.1, 0.15) is 22.9 Å². The van der Waals surface area contributed by atoms with Crippen molar-refractivity contribution in [3.05, 3.63) is 53.7 Å². The highest BCUT2D eigenvalue weighted by molar-refractivity contribution is 6.37. The molecule has 0 spiro atoms. The molecule has 3 rings (SSSR count). The molecule has 0 unspecified atom stereocenters. The molecule has 0 saturated heterocycles. The maximum Gasteiger partial charge on any atom is 0.278 e. The zero-order valence-corrected chi connectivity index (χ0v) is 16.9. The summed E-state index contributed by atoms with van der Waals surface area (Å²) >= 11 is 0. The Bertz CT molecular complexity index is 967. The van der Waals surface area contributed by atoms with Crippen molar-refractivity contribution in [3.8, 4) is 17.2 Å². The molecular formula is C22H24N2O5. The molecule has 29 heavy (non-hydrogen) atoms. The molecule has 0 atom stereocenters. The zero-order valence-electron chi connectivity index (χ0n) is 16.9. The predicted octanol–water partition coefficient (Wildman–Crippen LogP) is 3.31. The molecule has 2 amide bonds. The molecule has 0 saturated carbocycles. The number of para-hydroxylation sites is 1. The maximum absolute atomic E-state index is 13.1. The van der Waals surface area contributed by atoms with Crippen LogP contribution in [0.25, 0.3) is 5.57 Å². The van der Waals surface area contributed by atoms with Crippen LogP contribution in [0.3, 0.4) is 0 Å². The fourth-order valence-corrected chi connectivity index (χ4v) is 3.27. The van der Waals surface area contributed by atoms with E-state index in [4.69, 9.17) is 14.2 Å². The van der Waals surface area contributed by atoms with E-state index in [-0.39, 0.29) is 23.1 Å². The number of ether oxygens (including phenoxy) is 3. The van der Waals surface area contributed by atoms with E-state index in [2.05, 4.69) is 5.32 Å². The van der Waals surface area contributed by atoms with Crippen molar-refractivity contribution in [1.29, 1.82) is 0 Å². The Labute approximate surface area is 169 Å². The number of hydrogen-bond donors (Lipinski definition) is 1. The van der Waals surface area contributed by atoms with Gasteiger partial charge in [-0.25, -0.2) is 0 Å². The van der Waals surface area contributed by atoms with E-state index in [1.165, 1.54) is 19.1 Å². The number of rotatable bonds is 8. The van der Waals surface area contributed by atoms with Gasteiger partial charge >= 0.3 is 0 Å². The van der Waals surface area contributed by atoms with Gasteiger partial charge in [0.2, 0.25) is 0 Å². The number of nitrogens with zero attached hydrogens (tertiary/aromatic N) is 1. The SMILES string of the molecule is CCCN1C(=O)C(Nc2cc(OC)ccc2OC)=C(c2ccccc2OC)C1=O. The van der Waals surface area contributed by atoms with Crippen LogP contribution in [0.4, 0.5) is 5.69 Å². The summed E-state index contributed by atoms with van der Waals surface area (Å²) in [5.41, 5.74) is 1.52. The fourth-order valence-electron chi connectivity index (χ4n) is 3.27. The number of carbonyl (C=O) groups is 2.